The van der Waals surface area contributed by atoms with Crippen LogP contribution in [0.5, 0.6) is 5.75 Å². The fourth-order valence-electron chi connectivity index (χ4n) is 2.63. The van der Waals surface area contributed by atoms with Gasteiger partial charge in [0.15, 0.2) is 11.6 Å². The van der Waals surface area contributed by atoms with Crippen LogP contribution in [0.1, 0.15) is 32.1 Å². The minimum atomic E-state index is -0.724. The molecule has 138 valence electrons. The molecule has 1 fully saturated rings. The van der Waals surface area contributed by atoms with Crippen LogP contribution in [0.25, 0.3) is 0 Å². The minimum absolute atomic E-state index is 0. The fourth-order valence-corrected chi connectivity index (χ4v) is 2.63. The van der Waals surface area contributed by atoms with Crippen molar-refractivity contribution < 1.29 is 14.3 Å². The Morgan fingerprint density at radius 3 is 2.75 bits per heavy atom. The number of ether oxygens (including phenoxy) is 2. The van der Waals surface area contributed by atoms with Gasteiger partial charge in [0.2, 0.25) is 5.91 Å². The van der Waals surface area contributed by atoms with E-state index in [9.17, 15) is 4.79 Å². The van der Waals surface area contributed by atoms with Gasteiger partial charge in [-0.05, 0) is 30.9 Å². The predicted molar refractivity (Wildman–Crippen MR) is 99.3 cm³/mol. The molecule has 3 N–H and O–H groups in total. The van der Waals surface area contributed by atoms with Crippen molar-refractivity contribution in [3.05, 3.63) is 18.3 Å². The quantitative estimate of drug-likeness (QED) is 0.760. The first-order valence-corrected chi connectivity index (χ1v) is 7.84. The van der Waals surface area contributed by atoms with Crippen molar-refractivity contribution >= 4 is 36.5 Å². The van der Waals surface area contributed by atoms with Crippen LogP contribution in [0.15, 0.2) is 18.3 Å². The van der Waals surface area contributed by atoms with Crippen molar-refractivity contribution in [1.82, 2.24) is 4.98 Å². The van der Waals surface area contributed by atoms with Crippen molar-refractivity contribution in [2.24, 2.45) is 11.7 Å². The Bertz CT molecular complexity index is 485. The Morgan fingerprint density at radius 2 is 2.08 bits per heavy atom. The summed E-state index contributed by atoms with van der Waals surface area (Å²) in [6.45, 7) is 0.829. The zero-order valence-corrected chi connectivity index (χ0v) is 15.5. The average molecular weight is 380 g/mol. The SMILES string of the molecule is COCC(N)C(=O)Nc1ncccc1OCC1CCCCC1.Cl.Cl. The van der Waals surface area contributed by atoms with E-state index in [2.05, 4.69) is 10.3 Å². The van der Waals surface area contributed by atoms with Crippen LogP contribution in [0.2, 0.25) is 0 Å². The van der Waals surface area contributed by atoms with E-state index in [0.717, 1.165) is 0 Å². The monoisotopic (exact) mass is 379 g/mol. The van der Waals surface area contributed by atoms with Crippen LogP contribution in [-0.2, 0) is 9.53 Å². The molecule has 0 saturated heterocycles. The first kappa shape index (κ1) is 22.9. The van der Waals surface area contributed by atoms with Gasteiger partial charge in [-0.15, -0.1) is 24.8 Å². The molecule has 0 spiro atoms. The van der Waals surface area contributed by atoms with Crippen molar-refractivity contribution in [1.29, 1.82) is 0 Å². The number of hydrogen-bond donors (Lipinski definition) is 2. The van der Waals surface area contributed by atoms with Crippen molar-refractivity contribution in [3.63, 3.8) is 0 Å². The second kappa shape index (κ2) is 12.3. The Kier molecular flexibility index (Phi) is 11.8. The summed E-state index contributed by atoms with van der Waals surface area (Å²) in [5.41, 5.74) is 5.71. The molecule has 1 aliphatic carbocycles. The molecule has 0 radical (unpaired) electrons. The van der Waals surface area contributed by atoms with Gasteiger partial charge in [-0.2, -0.15) is 0 Å². The number of carbonyl (C=O) groups excluding carboxylic acids is 1. The summed E-state index contributed by atoms with van der Waals surface area (Å²) >= 11 is 0. The molecule has 0 bridgehead atoms. The molecule has 1 unspecified atom stereocenters. The molecule has 0 aliphatic heterocycles. The molecule has 1 saturated carbocycles. The summed E-state index contributed by atoms with van der Waals surface area (Å²) in [6.07, 6.45) is 7.90. The molecule has 24 heavy (non-hydrogen) atoms. The van der Waals surface area contributed by atoms with E-state index in [-0.39, 0.29) is 37.3 Å². The van der Waals surface area contributed by atoms with Gasteiger partial charge in [-0.1, -0.05) is 19.3 Å². The van der Waals surface area contributed by atoms with E-state index < -0.39 is 6.04 Å². The molecule has 8 heteroatoms. The maximum Gasteiger partial charge on any atom is 0.244 e. The summed E-state index contributed by atoms with van der Waals surface area (Å²) in [6, 6.07) is 2.88. The van der Waals surface area contributed by atoms with Gasteiger partial charge >= 0.3 is 0 Å². The van der Waals surface area contributed by atoms with E-state index >= 15 is 0 Å². The standard InChI is InChI=1S/C16H25N3O3.2ClH/c1-21-11-13(17)16(20)19-15-14(8-5-9-18-15)22-10-12-6-3-2-4-7-12;;/h5,8-9,12-13H,2-4,6-7,10-11,17H2,1H3,(H,18,19,20);2*1H. The minimum Gasteiger partial charge on any atom is -0.489 e. The number of hydrogen-bond acceptors (Lipinski definition) is 5. The highest BCUT2D eigenvalue weighted by molar-refractivity contribution is 5.95. The molecule has 1 aromatic rings. The van der Waals surface area contributed by atoms with Crippen LogP contribution in [0, 0.1) is 5.92 Å². The van der Waals surface area contributed by atoms with Crippen molar-refractivity contribution in [3.8, 4) is 5.75 Å². The third kappa shape index (κ3) is 7.21. The van der Waals surface area contributed by atoms with E-state index in [0.29, 0.717) is 24.1 Å². The maximum atomic E-state index is 11.9. The largest absolute Gasteiger partial charge is 0.489 e. The first-order chi connectivity index (χ1) is 10.7. The third-order valence-corrected chi connectivity index (χ3v) is 3.89. The second-order valence-electron chi connectivity index (χ2n) is 5.72. The number of halogens is 2. The number of pyridine rings is 1. The molecular formula is C16H27Cl2N3O3. The number of methoxy groups -OCH3 is 1. The van der Waals surface area contributed by atoms with Gasteiger partial charge in [0, 0.05) is 13.3 Å². The topological polar surface area (TPSA) is 86.5 Å². The lowest BCUT2D eigenvalue weighted by Gasteiger charge is -2.22. The normalized spacial score (nSPS) is 15.6. The lowest BCUT2D eigenvalue weighted by Crippen LogP contribution is -2.39. The van der Waals surface area contributed by atoms with Gasteiger partial charge in [0.05, 0.1) is 13.2 Å². The van der Waals surface area contributed by atoms with E-state index in [1.54, 1.807) is 12.3 Å². The predicted octanol–water partition coefficient (Wildman–Crippen LogP) is 2.80. The first-order valence-electron chi connectivity index (χ1n) is 7.84. The molecule has 6 nitrogen and oxygen atoms in total. The molecule has 1 amide bonds. The van der Waals surface area contributed by atoms with E-state index in [1.807, 2.05) is 6.07 Å². The fraction of sp³-hybridized carbons (Fsp3) is 0.625. The zero-order chi connectivity index (χ0) is 15.8. The van der Waals surface area contributed by atoms with Crippen molar-refractivity contribution in [2.75, 3.05) is 25.6 Å². The highest BCUT2D eigenvalue weighted by atomic mass is 35.5. The molecular weight excluding hydrogens is 353 g/mol. The number of aromatic nitrogens is 1. The number of nitrogens with one attached hydrogen (secondary N) is 1. The molecule has 1 heterocycles. The Balaban J connectivity index is 0.00000264. The van der Waals surface area contributed by atoms with Gasteiger partial charge in [-0.3, -0.25) is 4.79 Å². The average Bonchev–Trinajstić information content (AvgIpc) is 2.55. The zero-order valence-electron chi connectivity index (χ0n) is 13.9. The van der Waals surface area contributed by atoms with E-state index in [1.165, 1.54) is 39.2 Å². The van der Waals surface area contributed by atoms with Crippen LogP contribution in [-0.4, -0.2) is 37.3 Å². The molecule has 1 aromatic heterocycles. The lowest BCUT2D eigenvalue weighted by molar-refractivity contribution is -0.118. The van der Waals surface area contributed by atoms with Crippen LogP contribution in [0.3, 0.4) is 0 Å². The number of amides is 1. The summed E-state index contributed by atoms with van der Waals surface area (Å²) < 4.78 is 10.7. The summed E-state index contributed by atoms with van der Waals surface area (Å²) in [7, 11) is 1.51. The van der Waals surface area contributed by atoms with Gasteiger partial charge in [0.25, 0.3) is 0 Å². The second-order valence-corrected chi connectivity index (χ2v) is 5.72. The van der Waals surface area contributed by atoms with Crippen molar-refractivity contribution in [2.45, 2.75) is 38.1 Å². The number of rotatable bonds is 7. The maximum absolute atomic E-state index is 11.9. The highest BCUT2D eigenvalue weighted by Gasteiger charge is 2.18. The van der Waals surface area contributed by atoms with Crippen LogP contribution >= 0.6 is 24.8 Å². The molecule has 1 atom stereocenters. The van der Waals surface area contributed by atoms with Crippen LogP contribution < -0.4 is 15.8 Å². The van der Waals surface area contributed by atoms with Gasteiger partial charge in [-0.25, -0.2) is 4.98 Å². The molecule has 1 aliphatic rings. The number of nitrogens with zero attached hydrogens (tertiary/aromatic N) is 1. The highest BCUT2D eigenvalue weighted by Crippen LogP contribution is 2.26. The number of anilines is 1. The smallest absolute Gasteiger partial charge is 0.244 e. The van der Waals surface area contributed by atoms with Gasteiger partial charge < -0.3 is 20.5 Å². The Morgan fingerprint density at radius 1 is 1.38 bits per heavy atom. The molecule has 0 aromatic carbocycles. The van der Waals surface area contributed by atoms with Crippen LogP contribution in [0.4, 0.5) is 5.82 Å². The lowest BCUT2D eigenvalue weighted by atomic mass is 9.90. The van der Waals surface area contributed by atoms with E-state index in [4.69, 9.17) is 15.2 Å². The number of nitrogens with two attached hydrogens (primary N) is 1. The Labute approximate surface area is 155 Å². The summed E-state index contributed by atoms with van der Waals surface area (Å²) in [5.74, 6) is 1.26. The summed E-state index contributed by atoms with van der Waals surface area (Å²) in [4.78, 5) is 16.1. The summed E-state index contributed by atoms with van der Waals surface area (Å²) in [5, 5.41) is 2.70. The third-order valence-electron chi connectivity index (χ3n) is 3.89. The molecule has 2 rings (SSSR count). The van der Waals surface area contributed by atoms with Gasteiger partial charge in [0.1, 0.15) is 6.04 Å². The Hall–Kier alpha value is -1.08. The number of carbonyl (C=O) groups is 1.